The molecule has 4 rings (SSSR count). The van der Waals surface area contributed by atoms with E-state index in [4.69, 9.17) is 9.47 Å². The van der Waals surface area contributed by atoms with Crippen LogP contribution in [0.1, 0.15) is 5.69 Å². The lowest BCUT2D eigenvalue weighted by Crippen LogP contribution is -2.15. The first-order chi connectivity index (χ1) is 9.72. The summed E-state index contributed by atoms with van der Waals surface area (Å²) in [5.41, 5.74) is 3.74. The second kappa shape index (κ2) is 4.00. The number of rotatable bonds is 1. The molecule has 1 aromatic carbocycles. The number of H-pyrrole nitrogens is 1. The van der Waals surface area contributed by atoms with Crippen LogP contribution in [0.15, 0.2) is 18.2 Å². The number of ether oxygens (including phenoxy) is 2. The van der Waals surface area contributed by atoms with E-state index in [1.165, 1.54) is 0 Å². The molecule has 20 heavy (non-hydrogen) atoms. The van der Waals surface area contributed by atoms with Crippen LogP contribution in [0.4, 0.5) is 0 Å². The van der Waals surface area contributed by atoms with Crippen molar-refractivity contribution in [3.63, 3.8) is 0 Å². The van der Waals surface area contributed by atoms with Crippen LogP contribution in [0, 0.1) is 6.92 Å². The standard InChI is InChI=1S/C14H14N4O2/c1-8-12-14(18(2)17-8)16-13(15-12)9-3-4-10-11(7-9)20-6-5-19-10/h3-4,7H,5-6H2,1-2H3,(H,15,16). The first-order valence-electron chi connectivity index (χ1n) is 6.52. The smallest absolute Gasteiger partial charge is 0.176 e. The van der Waals surface area contributed by atoms with Crippen molar-refractivity contribution in [1.82, 2.24) is 19.7 Å². The molecule has 102 valence electrons. The van der Waals surface area contributed by atoms with Crippen molar-refractivity contribution in [3.8, 4) is 22.9 Å². The molecular formula is C14H14N4O2. The van der Waals surface area contributed by atoms with Gasteiger partial charge in [0.15, 0.2) is 17.1 Å². The van der Waals surface area contributed by atoms with Crippen LogP contribution in [-0.4, -0.2) is 33.0 Å². The highest BCUT2D eigenvalue weighted by Gasteiger charge is 2.16. The number of hydrogen-bond acceptors (Lipinski definition) is 4. The number of nitrogens with zero attached hydrogens (tertiary/aromatic N) is 3. The number of aromatic nitrogens is 4. The Hall–Kier alpha value is -2.50. The van der Waals surface area contributed by atoms with E-state index in [2.05, 4.69) is 15.1 Å². The molecule has 0 bridgehead atoms. The molecule has 0 atom stereocenters. The molecule has 6 heteroatoms. The zero-order chi connectivity index (χ0) is 13.7. The van der Waals surface area contributed by atoms with Crippen LogP contribution in [-0.2, 0) is 7.05 Å². The molecule has 1 N–H and O–H groups in total. The Kier molecular flexibility index (Phi) is 2.26. The molecule has 3 aromatic rings. The van der Waals surface area contributed by atoms with Crippen LogP contribution >= 0.6 is 0 Å². The molecule has 0 fully saturated rings. The van der Waals surface area contributed by atoms with Gasteiger partial charge in [0.1, 0.15) is 24.6 Å². The van der Waals surface area contributed by atoms with Gasteiger partial charge in [0, 0.05) is 12.6 Å². The first-order valence-corrected chi connectivity index (χ1v) is 6.52. The highest BCUT2D eigenvalue weighted by Crippen LogP contribution is 2.34. The van der Waals surface area contributed by atoms with Gasteiger partial charge in [-0.25, -0.2) is 9.67 Å². The third-order valence-electron chi connectivity index (χ3n) is 3.47. The average molecular weight is 270 g/mol. The summed E-state index contributed by atoms with van der Waals surface area (Å²) in [5.74, 6) is 2.37. The van der Waals surface area contributed by atoms with Crippen LogP contribution < -0.4 is 9.47 Å². The van der Waals surface area contributed by atoms with Crippen LogP contribution in [0.25, 0.3) is 22.6 Å². The number of aromatic amines is 1. The van der Waals surface area contributed by atoms with E-state index in [1.807, 2.05) is 32.2 Å². The minimum Gasteiger partial charge on any atom is -0.486 e. The fourth-order valence-electron chi connectivity index (χ4n) is 2.50. The van der Waals surface area contributed by atoms with E-state index in [-0.39, 0.29) is 0 Å². The molecule has 1 aliphatic heterocycles. The van der Waals surface area contributed by atoms with E-state index in [9.17, 15) is 0 Å². The second-order valence-electron chi connectivity index (χ2n) is 4.85. The highest BCUT2D eigenvalue weighted by molar-refractivity contribution is 5.79. The van der Waals surface area contributed by atoms with Crippen LogP contribution in [0.2, 0.25) is 0 Å². The Morgan fingerprint density at radius 1 is 1.20 bits per heavy atom. The summed E-state index contributed by atoms with van der Waals surface area (Å²) in [4.78, 5) is 7.92. The summed E-state index contributed by atoms with van der Waals surface area (Å²) in [6.07, 6.45) is 0. The molecule has 0 amide bonds. The average Bonchev–Trinajstić information content (AvgIpc) is 3.01. The third-order valence-corrected chi connectivity index (χ3v) is 3.47. The quantitative estimate of drug-likeness (QED) is 0.735. The van der Waals surface area contributed by atoms with E-state index in [1.54, 1.807) is 4.68 Å². The molecule has 2 aromatic heterocycles. The monoisotopic (exact) mass is 270 g/mol. The summed E-state index contributed by atoms with van der Waals surface area (Å²) in [6.45, 7) is 3.15. The van der Waals surface area contributed by atoms with Gasteiger partial charge in [-0.1, -0.05) is 0 Å². The maximum atomic E-state index is 5.60. The van der Waals surface area contributed by atoms with E-state index < -0.39 is 0 Å². The summed E-state index contributed by atoms with van der Waals surface area (Å²) in [5, 5.41) is 4.33. The van der Waals surface area contributed by atoms with Gasteiger partial charge >= 0.3 is 0 Å². The van der Waals surface area contributed by atoms with Gasteiger partial charge in [0.25, 0.3) is 0 Å². The molecule has 3 heterocycles. The second-order valence-corrected chi connectivity index (χ2v) is 4.85. The van der Waals surface area contributed by atoms with Crippen molar-refractivity contribution in [1.29, 1.82) is 0 Å². The third kappa shape index (κ3) is 1.57. The van der Waals surface area contributed by atoms with Gasteiger partial charge in [-0.3, -0.25) is 0 Å². The predicted octanol–water partition coefficient (Wildman–Crippen LogP) is 2.04. The van der Waals surface area contributed by atoms with Gasteiger partial charge in [0.05, 0.1) is 5.69 Å². The van der Waals surface area contributed by atoms with Crippen molar-refractivity contribution in [2.75, 3.05) is 13.2 Å². The van der Waals surface area contributed by atoms with Gasteiger partial charge in [0.2, 0.25) is 0 Å². The highest BCUT2D eigenvalue weighted by atomic mass is 16.6. The number of imidazole rings is 1. The van der Waals surface area contributed by atoms with Crippen molar-refractivity contribution < 1.29 is 9.47 Å². The molecule has 0 unspecified atom stereocenters. The van der Waals surface area contributed by atoms with Gasteiger partial charge in [-0.15, -0.1) is 0 Å². The van der Waals surface area contributed by atoms with Gasteiger partial charge < -0.3 is 14.5 Å². The fourth-order valence-corrected chi connectivity index (χ4v) is 2.50. The lowest BCUT2D eigenvalue weighted by atomic mass is 10.2. The van der Waals surface area contributed by atoms with E-state index in [0.29, 0.717) is 13.2 Å². The number of nitrogens with one attached hydrogen (secondary N) is 1. The largest absolute Gasteiger partial charge is 0.486 e. The van der Waals surface area contributed by atoms with Crippen LogP contribution in [0.3, 0.4) is 0 Å². The molecule has 0 spiro atoms. The molecule has 6 nitrogen and oxygen atoms in total. The van der Waals surface area contributed by atoms with E-state index in [0.717, 1.165) is 39.7 Å². The Morgan fingerprint density at radius 3 is 2.80 bits per heavy atom. The molecule has 0 aliphatic carbocycles. The minimum atomic E-state index is 0.583. The number of benzene rings is 1. The lowest BCUT2D eigenvalue weighted by Gasteiger charge is -2.18. The van der Waals surface area contributed by atoms with Crippen LogP contribution in [0.5, 0.6) is 11.5 Å². The van der Waals surface area contributed by atoms with Gasteiger partial charge in [-0.2, -0.15) is 5.10 Å². The van der Waals surface area contributed by atoms with E-state index >= 15 is 0 Å². The Morgan fingerprint density at radius 2 is 2.00 bits per heavy atom. The summed E-state index contributed by atoms with van der Waals surface area (Å²) in [7, 11) is 1.89. The normalized spacial score (nSPS) is 13.9. The topological polar surface area (TPSA) is 65.0 Å². The molecule has 0 radical (unpaired) electrons. The number of aryl methyl sites for hydroxylation is 2. The van der Waals surface area contributed by atoms with Crippen molar-refractivity contribution >= 4 is 11.2 Å². The zero-order valence-electron chi connectivity index (χ0n) is 11.3. The summed E-state index contributed by atoms with van der Waals surface area (Å²) < 4.78 is 12.9. The minimum absolute atomic E-state index is 0.583. The number of hydrogen-bond donors (Lipinski definition) is 1. The van der Waals surface area contributed by atoms with Crippen molar-refractivity contribution in [2.45, 2.75) is 6.92 Å². The lowest BCUT2D eigenvalue weighted by molar-refractivity contribution is 0.171. The predicted molar refractivity (Wildman–Crippen MR) is 74.0 cm³/mol. The van der Waals surface area contributed by atoms with Gasteiger partial charge in [-0.05, 0) is 25.1 Å². The van der Waals surface area contributed by atoms with Crippen molar-refractivity contribution in [2.24, 2.45) is 7.05 Å². The maximum Gasteiger partial charge on any atom is 0.176 e. The Bertz CT molecular complexity index is 768. The van der Waals surface area contributed by atoms with Crippen molar-refractivity contribution in [3.05, 3.63) is 23.9 Å². The molecular weight excluding hydrogens is 256 g/mol. The maximum absolute atomic E-state index is 5.60. The molecule has 0 saturated carbocycles. The summed E-state index contributed by atoms with van der Waals surface area (Å²) in [6, 6.07) is 5.85. The SMILES string of the molecule is Cc1nn(C)c2nc(-c3ccc4c(c3)OCCO4)[nH]c12. The zero-order valence-corrected chi connectivity index (χ0v) is 11.3. The Balaban J connectivity index is 1.84. The molecule has 1 aliphatic rings. The first kappa shape index (κ1) is 11.3. The molecule has 0 saturated heterocycles. The summed E-state index contributed by atoms with van der Waals surface area (Å²) >= 11 is 0. The fraction of sp³-hybridized carbons (Fsp3) is 0.286. The number of fused-ring (bicyclic) bond motifs is 2. The Labute approximate surface area is 115 Å².